The van der Waals surface area contributed by atoms with Gasteiger partial charge < -0.3 is 24.0 Å². The van der Waals surface area contributed by atoms with Crippen LogP contribution in [0.1, 0.15) is 35.2 Å². The average molecular weight is 740 g/mol. The fourth-order valence-electron chi connectivity index (χ4n) is 7.42. The van der Waals surface area contributed by atoms with Gasteiger partial charge in [-0.1, -0.05) is 42.5 Å². The van der Waals surface area contributed by atoms with E-state index in [9.17, 15) is 18.0 Å². The third-order valence-electron chi connectivity index (χ3n) is 10.0. The minimum Gasteiger partial charge on any atom is -0.496 e. The summed E-state index contributed by atoms with van der Waals surface area (Å²) in [4.78, 5) is 25.5. The first-order valence-corrected chi connectivity index (χ1v) is 17.1. The summed E-state index contributed by atoms with van der Waals surface area (Å²) < 4.78 is 51.5. The van der Waals surface area contributed by atoms with Crippen LogP contribution >= 0.6 is 12.4 Å². The second-order valence-corrected chi connectivity index (χ2v) is 13.0. The van der Waals surface area contributed by atoms with Crippen LogP contribution in [0.5, 0.6) is 5.75 Å². The van der Waals surface area contributed by atoms with Crippen LogP contribution in [0.4, 0.5) is 19.1 Å². The minimum atomic E-state index is -4.69. The third kappa shape index (κ3) is 8.01. The number of ether oxygens (including phenoxy) is 2. The highest BCUT2D eigenvalue weighted by Gasteiger charge is 2.42. The monoisotopic (exact) mass is 739 g/mol. The van der Waals surface area contributed by atoms with Gasteiger partial charge in [-0.25, -0.2) is 9.67 Å². The third-order valence-corrected chi connectivity index (χ3v) is 10.0. The zero-order chi connectivity index (χ0) is 35.4. The van der Waals surface area contributed by atoms with E-state index in [-0.39, 0.29) is 30.3 Å². The number of rotatable bonds is 11. The molecule has 5 aromatic rings. The number of hydrogen-bond donors (Lipinski definition) is 0. The summed E-state index contributed by atoms with van der Waals surface area (Å²) in [5.74, 6) is 1.05. The first kappa shape index (κ1) is 37.0. The molecule has 2 aliphatic rings. The Bertz CT molecular complexity index is 1940. The van der Waals surface area contributed by atoms with E-state index in [1.165, 1.54) is 16.6 Å². The van der Waals surface area contributed by atoms with Crippen molar-refractivity contribution in [1.82, 2.24) is 39.6 Å². The molecule has 2 fully saturated rings. The molecule has 0 spiro atoms. The minimum absolute atomic E-state index is 0. The summed E-state index contributed by atoms with van der Waals surface area (Å²) >= 11 is 0. The lowest BCUT2D eigenvalue weighted by Crippen LogP contribution is -2.39. The number of aromatic nitrogens is 6. The molecule has 1 unspecified atom stereocenters. The van der Waals surface area contributed by atoms with E-state index in [0.29, 0.717) is 42.6 Å². The molecule has 52 heavy (non-hydrogen) atoms. The van der Waals surface area contributed by atoms with E-state index in [2.05, 4.69) is 54.3 Å². The Kier molecular flexibility index (Phi) is 11.3. The van der Waals surface area contributed by atoms with Gasteiger partial charge in [-0.3, -0.25) is 9.53 Å². The van der Waals surface area contributed by atoms with Gasteiger partial charge in [0.1, 0.15) is 12.1 Å². The predicted molar refractivity (Wildman–Crippen MR) is 191 cm³/mol. The van der Waals surface area contributed by atoms with E-state index in [0.717, 1.165) is 56.5 Å². The molecule has 0 N–H and O–H groups in total. The summed E-state index contributed by atoms with van der Waals surface area (Å²) in [5.41, 5.74) is 3.61. The maximum absolute atomic E-state index is 14.1. The highest BCUT2D eigenvalue weighted by atomic mass is 35.5. The van der Waals surface area contributed by atoms with E-state index < -0.39 is 13.0 Å². The lowest BCUT2D eigenvalue weighted by Gasteiger charge is -2.33. The lowest BCUT2D eigenvalue weighted by atomic mass is 9.76. The largest absolute Gasteiger partial charge is 0.522 e. The molecular formula is C36H41ClF3N9O3. The van der Waals surface area contributed by atoms with Crippen molar-refractivity contribution in [3.63, 3.8) is 0 Å². The number of halogens is 4. The predicted octanol–water partition coefficient (Wildman–Crippen LogP) is 5.37. The summed E-state index contributed by atoms with van der Waals surface area (Å²) in [5, 5.41) is 11.4. The molecule has 0 aliphatic carbocycles. The molecule has 7 rings (SSSR count). The quantitative estimate of drug-likeness (QED) is 0.177. The Balaban J connectivity index is 0.00000464. The fourth-order valence-corrected chi connectivity index (χ4v) is 7.42. The number of tetrazole rings is 1. The van der Waals surface area contributed by atoms with Crippen molar-refractivity contribution < 1.29 is 27.4 Å². The van der Waals surface area contributed by atoms with Gasteiger partial charge in [0.05, 0.1) is 36.0 Å². The van der Waals surface area contributed by atoms with Crippen LogP contribution in [0.3, 0.4) is 0 Å². The number of likely N-dealkylation sites (tertiary alicyclic amines) is 1. The lowest BCUT2D eigenvalue weighted by molar-refractivity contribution is -0.325. The smallest absolute Gasteiger partial charge is 0.496 e. The van der Waals surface area contributed by atoms with Crippen LogP contribution in [0, 0.1) is 0 Å². The molecule has 12 nitrogen and oxygen atoms in total. The van der Waals surface area contributed by atoms with Gasteiger partial charge >= 0.3 is 6.36 Å². The molecule has 2 saturated heterocycles. The molecule has 2 aromatic heterocycles. The molecular weight excluding hydrogens is 699 g/mol. The van der Waals surface area contributed by atoms with Gasteiger partial charge in [0.15, 0.2) is 0 Å². The first-order chi connectivity index (χ1) is 24.7. The van der Waals surface area contributed by atoms with Crippen LogP contribution in [0.15, 0.2) is 79.1 Å². The summed E-state index contributed by atoms with van der Waals surface area (Å²) in [6.45, 7) is 4.62. The number of nitrogens with zero attached hydrogens (tertiary/aromatic N) is 9. The van der Waals surface area contributed by atoms with Crippen LogP contribution < -0.4 is 9.64 Å². The van der Waals surface area contributed by atoms with E-state index in [1.807, 2.05) is 45.9 Å². The van der Waals surface area contributed by atoms with Crippen LogP contribution in [0.25, 0.3) is 16.7 Å². The van der Waals surface area contributed by atoms with Crippen LogP contribution in [-0.2, 0) is 16.7 Å². The SMILES string of the molecule is COc1ccc(-n2cnnn2)cc1C(=O)N1CCC(CCN2CCCN(c3nc4ccccc4n3CCOC(F)(F)F)CC2)(c2ccccc2)C1.Cl. The molecule has 0 saturated carbocycles. The Labute approximate surface area is 305 Å². The van der Waals surface area contributed by atoms with E-state index in [1.54, 1.807) is 19.2 Å². The van der Waals surface area contributed by atoms with Gasteiger partial charge in [0.25, 0.3) is 5.91 Å². The van der Waals surface area contributed by atoms with Crippen molar-refractivity contribution in [2.24, 2.45) is 0 Å². The topological polar surface area (TPSA) is 107 Å². The number of carbonyl (C=O) groups excluding carboxylic acids is 1. The Hall–Kier alpha value is -4.73. The number of hydrogen-bond acceptors (Lipinski definition) is 9. The molecule has 1 atom stereocenters. The maximum atomic E-state index is 14.1. The average Bonchev–Trinajstić information content (AvgIpc) is 3.88. The van der Waals surface area contributed by atoms with E-state index in [4.69, 9.17) is 9.72 Å². The Morgan fingerprint density at radius 2 is 1.75 bits per heavy atom. The standard InChI is InChI=1S/C36H40F3N9O3.ClH/c1-50-32-13-12-28(48-26-40-42-43-48)24-29(32)33(49)46-19-15-35(25-46,27-8-3-2-4-9-27)14-18-44-16-7-17-45(21-20-44)34-41-30-10-5-6-11-31(30)47(34)22-23-51-36(37,38)39;/h2-6,8-13,24,26H,7,14-23,25H2,1H3;1H. The first-order valence-electron chi connectivity index (χ1n) is 17.1. The summed E-state index contributed by atoms with van der Waals surface area (Å²) in [6.07, 6.45) is -0.645. The number of amides is 1. The van der Waals surface area contributed by atoms with Gasteiger partial charge in [-0.15, -0.1) is 30.7 Å². The molecule has 1 amide bonds. The van der Waals surface area contributed by atoms with E-state index >= 15 is 0 Å². The van der Waals surface area contributed by atoms with Gasteiger partial charge in [0, 0.05) is 44.7 Å². The second-order valence-electron chi connectivity index (χ2n) is 13.0. The van der Waals surface area contributed by atoms with Gasteiger partial charge in [-0.2, -0.15) is 0 Å². The number of alkyl halides is 3. The van der Waals surface area contributed by atoms with Crippen LogP contribution in [-0.4, -0.2) is 111 Å². The number of para-hydroxylation sites is 2. The molecule has 3 aromatic carbocycles. The number of anilines is 1. The molecule has 16 heteroatoms. The van der Waals surface area contributed by atoms with Crippen molar-refractivity contribution >= 4 is 35.3 Å². The highest BCUT2D eigenvalue weighted by Crippen LogP contribution is 2.39. The molecule has 0 bridgehead atoms. The number of methoxy groups -OCH3 is 1. The summed E-state index contributed by atoms with van der Waals surface area (Å²) in [7, 11) is 1.56. The molecule has 276 valence electrons. The number of imidazole rings is 1. The molecule has 2 aliphatic heterocycles. The second kappa shape index (κ2) is 15.9. The number of fused-ring (bicyclic) bond motifs is 1. The zero-order valence-electron chi connectivity index (χ0n) is 28.8. The number of benzene rings is 3. The number of carbonyl (C=O) groups is 1. The summed E-state index contributed by atoms with van der Waals surface area (Å²) in [6, 6.07) is 23.3. The van der Waals surface area contributed by atoms with Crippen molar-refractivity contribution in [2.45, 2.75) is 37.6 Å². The van der Waals surface area contributed by atoms with Crippen molar-refractivity contribution in [2.75, 3.05) is 64.4 Å². The Morgan fingerprint density at radius 3 is 2.52 bits per heavy atom. The van der Waals surface area contributed by atoms with Crippen molar-refractivity contribution in [3.8, 4) is 11.4 Å². The normalized spacial score (nSPS) is 18.4. The maximum Gasteiger partial charge on any atom is 0.522 e. The zero-order valence-corrected chi connectivity index (χ0v) is 29.6. The van der Waals surface area contributed by atoms with Gasteiger partial charge in [-0.05, 0) is 78.7 Å². The molecule has 0 radical (unpaired) electrons. The molecule has 4 heterocycles. The Morgan fingerprint density at radius 1 is 0.942 bits per heavy atom. The van der Waals surface area contributed by atoms with Gasteiger partial charge in [0.2, 0.25) is 5.95 Å². The highest BCUT2D eigenvalue weighted by molar-refractivity contribution is 5.98. The van der Waals surface area contributed by atoms with Crippen molar-refractivity contribution in [1.29, 1.82) is 0 Å². The van der Waals surface area contributed by atoms with Crippen LogP contribution in [0.2, 0.25) is 0 Å². The van der Waals surface area contributed by atoms with Crippen molar-refractivity contribution in [3.05, 3.63) is 90.3 Å². The fraction of sp³-hybridized carbons (Fsp3) is 0.417.